The summed E-state index contributed by atoms with van der Waals surface area (Å²) in [5, 5.41) is 8.14. The molecule has 2 amide bonds. The average molecular weight is 443 g/mol. The van der Waals surface area contributed by atoms with Crippen molar-refractivity contribution in [2.24, 2.45) is 5.14 Å². The third-order valence-corrected chi connectivity index (χ3v) is 6.84. The lowest BCUT2D eigenvalue weighted by atomic mass is 10.0. The predicted molar refractivity (Wildman–Crippen MR) is 117 cm³/mol. The topological polar surface area (TPSA) is 113 Å². The smallest absolute Gasteiger partial charge is 0.241 e. The van der Waals surface area contributed by atoms with Gasteiger partial charge < -0.3 is 10.2 Å². The van der Waals surface area contributed by atoms with Crippen molar-refractivity contribution in [2.75, 3.05) is 24.5 Å². The zero-order chi connectivity index (χ0) is 22.2. The number of rotatable bonds is 4. The molecule has 0 spiro atoms. The molecule has 0 aliphatic carbocycles. The Balaban J connectivity index is 1.59. The normalized spacial score (nSPS) is 22.0. The number of fused-ring (bicyclic) bond motifs is 1. The third kappa shape index (κ3) is 4.48. The van der Waals surface area contributed by atoms with Crippen LogP contribution in [0.15, 0.2) is 53.4 Å². The van der Waals surface area contributed by atoms with Crippen LogP contribution >= 0.6 is 0 Å². The number of nitrogens with two attached hydrogens (primary N) is 1. The Morgan fingerprint density at radius 3 is 2.61 bits per heavy atom. The van der Waals surface area contributed by atoms with Crippen LogP contribution in [-0.2, 0) is 26.0 Å². The van der Waals surface area contributed by atoms with Crippen LogP contribution in [0.5, 0.6) is 0 Å². The first-order valence-corrected chi connectivity index (χ1v) is 11.8. The second kappa shape index (κ2) is 8.41. The Morgan fingerprint density at radius 2 is 1.90 bits per heavy atom. The lowest BCUT2D eigenvalue weighted by Gasteiger charge is -2.32. The second-order valence-electron chi connectivity index (χ2n) is 8.10. The lowest BCUT2D eigenvalue weighted by Crippen LogP contribution is -2.44. The van der Waals surface area contributed by atoms with Crippen molar-refractivity contribution in [1.29, 1.82) is 0 Å². The van der Waals surface area contributed by atoms with E-state index in [4.69, 9.17) is 5.14 Å². The van der Waals surface area contributed by atoms with Gasteiger partial charge in [-0.05, 0) is 42.7 Å². The molecule has 2 aliphatic heterocycles. The number of benzene rings is 2. The van der Waals surface area contributed by atoms with Crippen LogP contribution < -0.4 is 15.4 Å². The van der Waals surface area contributed by atoms with Crippen molar-refractivity contribution >= 4 is 27.5 Å². The zero-order valence-electron chi connectivity index (χ0n) is 17.3. The highest BCUT2D eigenvalue weighted by atomic mass is 32.2. The highest BCUT2D eigenvalue weighted by Crippen LogP contribution is 2.34. The van der Waals surface area contributed by atoms with Gasteiger partial charge in [0.05, 0.1) is 11.4 Å². The molecule has 2 atom stereocenters. The molecular formula is C22H26N4O4S. The number of primary sulfonamides is 1. The zero-order valence-corrected chi connectivity index (χ0v) is 18.1. The van der Waals surface area contributed by atoms with Gasteiger partial charge in [-0.15, -0.1) is 0 Å². The van der Waals surface area contributed by atoms with Crippen LogP contribution in [-0.4, -0.2) is 50.8 Å². The minimum Gasteiger partial charge on any atom is -0.355 e. The van der Waals surface area contributed by atoms with E-state index in [1.165, 1.54) is 6.07 Å². The Hall–Kier alpha value is -2.75. The van der Waals surface area contributed by atoms with Crippen LogP contribution in [0.2, 0.25) is 0 Å². The van der Waals surface area contributed by atoms with Crippen molar-refractivity contribution in [3.05, 3.63) is 59.7 Å². The molecule has 2 aromatic carbocycles. The number of carbonyl (C=O) groups is 2. The molecular weight excluding hydrogens is 416 g/mol. The summed E-state index contributed by atoms with van der Waals surface area (Å²) in [7, 11) is -3.80. The fourth-order valence-electron chi connectivity index (χ4n) is 4.48. The van der Waals surface area contributed by atoms with Gasteiger partial charge in [0.1, 0.15) is 0 Å². The molecule has 0 radical (unpaired) electrons. The van der Waals surface area contributed by atoms with E-state index in [0.717, 1.165) is 11.1 Å². The van der Waals surface area contributed by atoms with Crippen LogP contribution in [0.3, 0.4) is 0 Å². The molecule has 3 N–H and O–H groups in total. The molecule has 2 heterocycles. The summed E-state index contributed by atoms with van der Waals surface area (Å²) in [6.07, 6.45) is 0.855. The molecule has 9 heteroatoms. The Bertz CT molecular complexity index is 1100. The number of hydrogen-bond acceptors (Lipinski definition) is 5. The second-order valence-corrected chi connectivity index (χ2v) is 9.66. The van der Waals surface area contributed by atoms with Gasteiger partial charge in [-0.3, -0.25) is 14.5 Å². The standard InChI is InChI=1S/C22H26N4O4S/c1-15-11-17-12-18(31(23,29)30)7-8-19(17)26(15)22(28)14-25-10-9-24-21(27)13-20(25)16-5-3-2-4-6-16/h2-8,12,15,20H,9-11,13-14H2,1H3,(H,24,27)(H2,23,29,30)/t15-,20+/m0/s1. The molecule has 0 aromatic heterocycles. The average Bonchev–Trinajstić information content (AvgIpc) is 2.95. The maximum absolute atomic E-state index is 13.4. The Kier molecular flexibility index (Phi) is 5.83. The van der Waals surface area contributed by atoms with Crippen LogP contribution in [0.25, 0.3) is 0 Å². The van der Waals surface area contributed by atoms with Gasteiger partial charge in [0, 0.05) is 37.3 Å². The molecule has 8 nitrogen and oxygen atoms in total. The number of carbonyl (C=O) groups excluding carboxylic acids is 2. The number of anilines is 1. The predicted octanol–water partition coefficient (Wildman–Crippen LogP) is 1.17. The van der Waals surface area contributed by atoms with Gasteiger partial charge in [0.25, 0.3) is 0 Å². The summed E-state index contributed by atoms with van der Waals surface area (Å²) in [6.45, 7) is 3.15. The summed E-state index contributed by atoms with van der Waals surface area (Å²) in [5.74, 6) is -0.107. The fraction of sp³-hybridized carbons (Fsp3) is 0.364. The molecule has 164 valence electrons. The number of amides is 2. The lowest BCUT2D eigenvalue weighted by molar-refractivity contribution is -0.123. The van der Waals surface area contributed by atoms with E-state index >= 15 is 0 Å². The SMILES string of the molecule is C[C@H]1Cc2cc(S(N)(=O)=O)ccc2N1C(=O)CN1CCNC(=O)C[C@@H]1c1ccccc1. The van der Waals surface area contributed by atoms with Gasteiger partial charge in [-0.2, -0.15) is 0 Å². The molecule has 2 aromatic rings. The van der Waals surface area contributed by atoms with Gasteiger partial charge in [0.15, 0.2) is 0 Å². The first kappa shape index (κ1) is 21.5. The van der Waals surface area contributed by atoms with Crippen LogP contribution in [0.4, 0.5) is 5.69 Å². The van der Waals surface area contributed by atoms with Crippen LogP contribution in [0.1, 0.15) is 30.5 Å². The molecule has 0 saturated carbocycles. The van der Waals surface area contributed by atoms with Crippen molar-refractivity contribution in [1.82, 2.24) is 10.2 Å². The van der Waals surface area contributed by atoms with E-state index in [2.05, 4.69) is 5.32 Å². The molecule has 0 bridgehead atoms. The number of nitrogens with one attached hydrogen (secondary N) is 1. The van der Waals surface area contributed by atoms with E-state index in [-0.39, 0.29) is 35.3 Å². The molecule has 4 rings (SSSR count). The quantitative estimate of drug-likeness (QED) is 0.738. The first-order chi connectivity index (χ1) is 14.7. The monoisotopic (exact) mass is 442 g/mol. The molecule has 31 heavy (non-hydrogen) atoms. The van der Waals surface area contributed by atoms with Gasteiger partial charge in [-0.25, -0.2) is 13.6 Å². The van der Waals surface area contributed by atoms with Crippen molar-refractivity contribution in [3.8, 4) is 0 Å². The van der Waals surface area contributed by atoms with E-state index < -0.39 is 10.0 Å². The fourth-order valence-corrected chi connectivity index (χ4v) is 5.04. The minimum absolute atomic E-state index is 0.0285. The van der Waals surface area contributed by atoms with E-state index in [1.807, 2.05) is 42.2 Å². The molecule has 1 fully saturated rings. The minimum atomic E-state index is -3.80. The third-order valence-electron chi connectivity index (χ3n) is 5.93. The van der Waals surface area contributed by atoms with Crippen molar-refractivity contribution < 1.29 is 18.0 Å². The number of sulfonamides is 1. The number of nitrogens with zero attached hydrogens (tertiary/aromatic N) is 2. The largest absolute Gasteiger partial charge is 0.355 e. The Labute approximate surface area is 182 Å². The van der Waals surface area contributed by atoms with Gasteiger partial charge in [-0.1, -0.05) is 30.3 Å². The summed E-state index contributed by atoms with van der Waals surface area (Å²) in [5.41, 5.74) is 2.50. The molecule has 2 aliphatic rings. The molecule has 0 unspecified atom stereocenters. The van der Waals surface area contributed by atoms with Crippen molar-refractivity contribution in [3.63, 3.8) is 0 Å². The maximum atomic E-state index is 13.4. The highest BCUT2D eigenvalue weighted by Gasteiger charge is 2.34. The summed E-state index contributed by atoms with van der Waals surface area (Å²) in [4.78, 5) is 29.4. The van der Waals surface area contributed by atoms with Gasteiger partial charge in [0.2, 0.25) is 21.8 Å². The van der Waals surface area contributed by atoms with Gasteiger partial charge >= 0.3 is 0 Å². The summed E-state index contributed by atoms with van der Waals surface area (Å²) >= 11 is 0. The summed E-state index contributed by atoms with van der Waals surface area (Å²) < 4.78 is 23.4. The summed E-state index contributed by atoms with van der Waals surface area (Å²) in [6, 6.07) is 14.1. The highest BCUT2D eigenvalue weighted by molar-refractivity contribution is 7.89. The van der Waals surface area contributed by atoms with E-state index in [0.29, 0.717) is 31.6 Å². The Morgan fingerprint density at radius 1 is 1.16 bits per heavy atom. The van der Waals surface area contributed by atoms with E-state index in [1.54, 1.807) is 17.0 Å². The van der Waals surface area contributed by atoms with E-state index in [9.17, 15) is 18.0 Å². The van der Waals surface area contributed by atoms with Crippen LogP contribution in [0, 0.1) is 0 Å². The maximum Gasteiger partial charge on any atom is 0.241 e. The first-order valence-electron chi connectivity index (χ1n) is 10.3. The van der Waals surface area contributed by atoms with Crippen molar-refractivity contribution in [2.45, 2.75) is 36.7 Å². The molecule has 1 saturated heterocycles. The number of hydrogen-bond donors (Lipinski definition) is 2.